The van der Waals surface area contributed by atoms with Gasteiger partial charge in [0.1, 0.15) is 5.54 Å². The van der Waals surface area contributed by atoms with Gasteiger partial charge in [-0.05, 0) is 43.3 Å². The molecule has 2 unspecified atom stereocenters. The Morgan fingerprint density at radius 2 is 1.66 bits per heavy atom. The lowest BCUT2D eigenvalue weighted by Crippen LogP contribution is -2.57. The maximum Gasteiger partial charge on any atom is 0.247 e. The van der Waals surface area contributed by atoms with Crippen molar-refractivity contribution in [3.63, 3.8) is 0 Å². The summed E-state index contributed by atoms with van der Waals surface area (Å²) < 4.78 is 0. The van der Waals surface area contributed by atoms with Crippen LogP contribution in [0.15, 0.2) is 54.6 Å². The minimum absolute atomic E-state index is 0.0359. The highest BCUT2D eigenvalue weighted by Gasteiger charge is 2.50. The molecule has 199 valence electrons. The van der Waals surface area contributed by atoms with Crippen LogP contribution >= 0.6 is 0 Å². The second-order valence-corrected chi connectivity index (χ2v) is 9.14. The average Bonchev–Trinajstić information content (AvgIpc) is 3.28. The lowest BCUT2D eigenvalue weighted by molar-refractivity contribution is -0.125. The molecule has 6 nitrogen and oxygen atoms in total. The lowest BCUT2D eigenvalue weighted by atomic mass is 9.49. The molecule has 4 rings (SSSR count). The van der Waals surface area contributed by atoms with E-state index in [2.05, 4.69) is 27.4 Å². The SMILES string of the molecule is CC.CC.[B][B]c1ccccc1C(CC)C([B])NC(=O)CN1CCC2(CC1)C(=O)NCN2c1ccccc1. The van der Waals surface area contributed by atoms with E-state index in [0.29, 0.717) is 32.6 Å². The molecule has 2 saturated heterocycles. The predicted molar refractivity (Wildman–Crippen MR) is 161 cm³/mol. The molecule has 0 bridgehead atoms. The third-order valence-corrected chi connectivity index (χ3v) is 7.23. The number of carbonyl (C=O) groups excluding carboxylic acids is 2. The van der Waals surface area contributed by atoms with Crippen LogP contribution in [0.25, 0.3) is 0 Å². The molecule has 2 fully saturated rings. The van der Waals surface area contributed by atoms with Gasteiger partial charge >= 0.3 is 0 Å². The van der Waals surface area contributed by atoms with Crippen LogP contribution in [-0.4, -0.2) is 77.3 Å². The smallest absolute Gasteiger partial charge is 0.247 e. The fourth-order valence-electron chi connectivity index (χ4n) is 5.32. The Labute approximate surface area is 233 Å². The third kappa shape index (κ3) is 7.25. The highest BCUT2D eigenvalue weighted by Crippen LogP contribution is 2.36. The van der Waals surface area contributed by atoms with Crippen molar-refractivity contribution in [1.29, 1.82) is 0 Å². The summed E-state index contributed by atoms with van der Waals surface area (Å²) in [6.07, 6.45) is 2.12. The first-order chi connectivity index (χ1) is 18.5. The van der Waals surface area contributed by atoms with E-state index in [-0.39, 0.29) is 24.3 Å². The van der Waals surface area contributed by atoms with Gasteiger partial charge in [0.2, 0.25) is 11.8 Å². The first-order valence-corrected chi connectivity index (χ1v) is 14.0. The minimum Gasteiger partial charge on any atom is -0.360 e. The van der Waals surface area contributed by atoms with E-state index in [4.69, 9.17) is 15.6 Å². The zero-order chi connectivity index (χ0) is 28.1. The first-order valence-electron chi connectivity index (χ1n) is 14.0. The highest BCUT2D eigenvalue weighted by molar-refractivity contribution is 6.97. The van der Waals surface area contributed by atoms with Gasteiger partial charge in [0.25, 0.3) is 0 Å². The molecule has 0 aliphatic carbocycles. The van der Waals surface area contributed by atoms with Crippen LogP contribution in [0.3, 0.4) is 0 Å². The van der Waals surface area contributed by atoms with Crippen LogP contribution in [0.1, 0.15) is 65.4 Å². The summed E-state index contributed by atoms with van der Waals surface area (Å²) in [5.74, 6) is -0.578. The van der Waals surface area contributed by atoms with E-state index >= 15 is 0 Å². The van der Waals surface area contributed by atoms with E-state index in [0.717, 1.165) is 23.1 Å². The number of carbonyl (C=O) groups is 2. The zero-order valence-corrected chi connectivity index (χ0v) is 23.7. The van der Waals surface area contributed by atoms with Crippen LogP contribution in [0.2, 0.25) is 0 Å². The number of para-hydroxylation sites is 1. The Kier molecular flexibility index (Phi) is 13.0. The normalized spacial score (nSPS) is 17.7. The number of benzene rings is 2. The Balaban J connectivity index is 0.00000121. The molecule has 5 radical (unpaired) electrons. The maximum absolute atomic E-state index is 12.8. The summed E-state index contributed by atoms with van der Waals surface area (Å²) in [6.45, 7) is 12.2. The van der Waals surface area contributed by atoms with E-state index in [9.17, 15) is 9.59 Å². The van der Waals surface area contributed by atoms with Crippen LogP contribution in [-0.2, 0) is 9.59 Å². The first kappa shape index (κ1) is 31.6. The summed E-state index contributed by atoms with van der Waals surface area (Å²) >= 11 is 0. The summed E-state index contributed by atoms with van der Waals surface area (Å²) in [5, 5.41) is 6.00. The monoisotopic (exact) mass is 511 g/mol. The Bertz CT molecular complexity index is 1000. The number of nitrogens with zero attached hydrogens (tertiary/aromatic N) is 2. The van der Waals surface area contributed by atoms with Gasteiger partial charge in [-0.1, -0.05) is 88.1 Å². The fourth-order valence-corrected chi connectivity index (χ4v) is 5.32. The second kappa shape index (κ2) is 15.7. The predicted octanol–water partition coefficient (Wildman–Crippen LogP) is 2.68. The van der Waals surface area contributed by atoms with Crippen LogP contribution in [0.4, 0.5) is 5.69 Å². The molecule has 2 aliphatic rings. The molecule has 2 N–H and O–H groups in total. The molecule has 2 amide bonds. The molecule has 0 saturated carbocycles. The average molecular weight is 511 g/mol. The molecule has 2 aromatic rings. The Morgan fingerprint density at radius 1 is 1.05 bits per heavy atom. The van der Waals surface area contributed by atoms with Crippen LogP contribution in [0, 0.1) is 0 Å². The Hall–Kier alpha value is -2.67. The number of rotatable bonds is 8. The molecule has 2 heterocycles. The summed E-state index contributed by atoms with van der Waals surface area (Å²) in [7, 11) is 13.8. The van der Waals surface area contributed by atoms with Crippen molar-refractivity contribution >= 4 is 45.7 Å². The molecule has 2 aromatic carbocycles. The van der Waals surface area contributed by atoms with Gasteiger partial charge in [-0.2, -0.15) is 0 Å². The van der Waals surface area contributed by atoms with Gasteiger partial charge in [-0.3, -0.25) is 14.5 Å². The van der Waals surface area contributed by atoms with E-state index in [1.54, 1.807) is 7.17 Å². The van der Waals surface area contributed by atoms with Gasteiger partial charge in [-0.15, -0.1) is 0 Å². The van der Waals surface area contributed by atoms with E-state index in [1.807, 2.05) is 82.3 Å². The van der Waals surface area contributed by atoms with Gasteiger partial charge in [0.15, 0.2) is 0 Å². The number of amides is 2. The standard InChI is InChI=1S/C25H30B3N4O2.2C2H6/c1-2-19(20-10-6-7-11-21(20)28-27)23(26)30-22(33)16-31-14-12-25(13-15-31)24(34)29-17-32(25)18-8-4-3-5-9-18;2*1-2/h3-11,19,23H,2,12-17H2,1H3,(H,29,34)(H,30,33);2*1-2H3. The molecular weight excluding hydrogens is 469 g/mol. The van der Waals surface area contributed by atoms with Crippen molar-refractivity contribution in [1.82, 2.24) is 15.5 Å². The molecule has 0 aromatic heterocycles. The van der Waals surface area contributed by atoms with Crippen molar-refractivity contribution in [2.75, 3.05) is 31.2 Å². The molecule has 2 atom stereocenters. The van der Waals surface area contributed by atoms with Crippen LogP contribution < -0.4 is 21.0 Å². The molecule has 1 spiro atoms. The van der Waals surface area contributed by atoms with Crippen molar-refractivity contribution in [2.45, 2.75) is 71.3 Å². The molecule has 2 aliphatic heterocycles. The van der Waals surface area contributed by atoms with Gasteiger partial charge in [0, 0.05) is 26.5 Å². The molecule has 9 heteroatoms. The van der Waals surface area contributed by atoms with Crippen molar-refractivity contribution in [3.05, 3.63) is 60.2 Å². The maximum atomic E-state index is 12.8. The van der Waals surface area contributed by atoms with E-state index < -0.39 is 11.5 Å². The largest absolute Gasteiger partial charge is 0.360 e. The number of hydrogen-bond donors (Lipinski definition) is 2. The summed E-state index contributed by atoms with van der Waals surface area (Å²) in [6, 6.07) is 17.9. The molecule has 38 heavy (non-hydrogen) atoms. The number of nitrogens with one attached hydrogen (secondary N) is 2. The fraction of sp³-hybridized carbons (Fsp3) is 0.517. The van der Waals surface area contributed by atoms with Crippen molar-refractivity contribution in [2.24, 2.45) is 0 Å². The third-order valence-electron chi connectivity index (χ3n) is 7.23. The number of hydrogen-bond acceptors (Lipinski definition) is 4. The van der Waals surface area contributed by atoms with Crippen molar-refractivity contribution < 1.29 is 9.59 Å². The number of piperidine rings is 1. The highest BCUT2D eigenvalue weighted by atomic mass is 16.2. The Morgan fingerprint density at radius 3 is 2.26 bits per heavy atom. The number of anilines is 1. The van der Waals surface area contributed by atoms with Gasteiger partial charge in [-0.25, -0.2) is 0 Å². The van der Waals surface area contributed by atoms with Gasteiger partial charge < -0.3 is 15.5 Å². The quantitative estimate of drug-likeness (QED) is 0.536. The summed E-state index contributed by atoms with van der Waals surface area (Å²) in [5.41, 5.74) is 2.45. The number of likely N-dealkylation sites (tertiary alicyclic amines) is 1. The van der Waals surface area contributed by atoms with E-state index in [1.165, 1.54) is 0 Å². The summed E-state index contributed by atoms with van der Waals surface area (Å²) in [4.78, 5) is 29.9. The second-order valence-electron chi connectivity index (χ2n) is 9.14. The minimum atomic E-state index is -0.555. The van der Waals surface area contributed by atoms with Crippen molar-refractivity contribution in [3.8, 4) is 0 Å². The van der Waals surface area contributed by atoms with Gasteiger partial charge in [0.05, 0.1) is 28.2 Å². The lowest BCUT2D eigenvalue weighted by Gasteiger charge is -2.43. The topological polar surface area (TPSA) is 64.7 Å². The van der Waals surface area contributed by atoms with Crippen LogP contribution in [0.5, 0.6) is 0 Å². The zero-order valence-electron chi connectivity index (χ0n) is 23.7. The molecular formula is C29H42B3N4O2.